The molecule has 0 aliphatic carbocycles. The van der Waals surface area contributed by atoms with Gasteiger partial charge in [-0.25, -0.2) is 4.79 Å². The predicted octanol–water partition coefficient (Wildman–Crippen LogP) is 1.91. The summed E-state index contributed by atoms with van der Waals surface area (Å²) in [4.78, 5) is 35.1. The Kier molecular flexibility index (Phi) is 4.05. The number of hydrogen-bond acceptors (Lipinski definition) is 4. The molecular weight excluding hydrogens is 353 g/mol. The van der Waals surface area contributed by atoms with Gasteiger partial charge in [0.2, 0.25) is 0 Å². The molecule has 0 atom stereocenters. The number of nitrogens with one attached hydrogen (secondary N) is 1. The molecule has 20 heavy (non-hydrogen) atoms. The molecule has 2 rings (SSSR count). The Labute approximate surface area is 125 Å². The molecule has 1 aromatic heterocycles. The van der Waals surface area contributed by atoms with E-state index in [-0.39, 0.29) is 21.7 Å². The van der Waals surface area contributed by atoms with Crippen molar-refractivity contribution in [1.29, 1.82) is 0 Å². The minimum atomic E-state index is -0.601. The highest BCUT2D eigenvalue weighted by Gasteiger charge is 2.13. The number of aromatic nitrogens is 2. The fraction of sp³-hybridized carbons (Fsp3) is 0.0909. The SMILES string of the molecule is O=c1[nH]c(=O)n(Cc2ccc(Cl)c([N+](=O)[O-])c2)cc1Br. The summed E-state index contributed by atoms with van der Waals surface area (Å²) in [6.45, 7) is 0.0756. The molecule has 7 nitrogen and oxygen atoms in total. The van der Waals surface area contributed by atoms with E-state index in [1.54, 1.807) is 6.07 Å². The molecule has 0 aliphatic rings. The van der Waals surface area contributed by atoms with Crippen molar-refractivity contribution < 1.29 is 4.92 Å². The third-order valence-corrected chi connectivity index (χ3v) is 3.41. The van der Waals surface area contributed by atoms with Crippen molar-refractivity contribution in [2.24, 2.45) is 0 Å². The summed E-state index contributed by atoms with van der Waals surface area (Å²) in [6.07, 6.45) is 1.32. The Morgan fingerprint density at radius 3 is 2.75 bits per heavy atom. The first-order valence-corrected chi connectivity index (χ1v) is 6.47. The highest BCUT2D eigenvalue weighted by Crippen LogP contribution is 2.25. The second-order valence-electron chi connectivity index (χ2n) is 3.91. The van der Waals surface area contributed by atoms with Crippen LogP contribution >= 0.6 is 27.5 Å². The van der Waals surface area contributed by atoms with Gasteiger partial charge in [-0.3, -0.25) is 24.5 Å². The zero-order valence-electron chi connectivity index (χ0n) is 9.80. The number of hydrogen-bond donors (Lipinski definition) is 1. The van der Waals surface area contributed by atoms with E-state index in [0.717, 1.165) is 0 Å². The Morgan fingerprint density at radius 2 is 2.10 bits per heavy atom. The van der Waals surface area contributed by atoms with Gasteiger partial charge in [-0.05, 0) is 27.6 Å². The van der Waals surface area contributed by atoms with E-state index in [1.807, 2.05) is 0 Å². The van der Waals surface area contributed by atoms with Crippen LogP contribution in [0.3, 0.4) is 0 Å². The fourth-order valence-electron chi connectivity index (χ4n) is 1.59. The molecule has 9 heteroatoms. The van der Waals surface area contributed by atoms with Crippen LogP contribution in [0.5, 0.6) is 0 Å². The summed E-state index contributed by atoms with van der Waals surface area (Å²) in [5, 5.41) is 10.8. The molecule has 1 aromatic carbocycles. The number of aromatic amines is 1. The van der Waals surface area contributed by atoms with Crippen molar-refractivity contribution in [2.75, 3.05) is 0 Å². The van der Waals surface area contributed by atoms with Crippen LogP contribution in [0.2, 0.25) is 5.02 Å². The van der Waals surface area contributed by atoms with Crippen LogP contribution in [0.4, 0.5) is 5.69 Å². The molecule has 0 amide bonds. The lowest BCUT2D eigenvalue weighted by Gasteiger charge is -2.06. The number of nitro benzene ring substituents is 1. The van der Waals surface area contributed by atoms with Crippen LogP contribution in [-0.4, -0.2) is 14.5 Å². The van der Waals surface area contributed by atoms with Crippen molar-refractivity contribution in [2.45, 2.75) is 6.54 Å². The third-order valence-electron chi connectivity index (χ3n) is 2.53. The van der Waals surface area contributed by atoms with Crippen molar-refractivity contribution in [3.8, 4) is 0 Å². The first kappa shape index (κ1) is 14.5. The number of rotatable bonds is 3. The summed E-state index contributed by atoms with van der Waals surface area (Å²) >= 11 is 8.72. The van der Waals surface area contributed by atoms with Gasteiger partial charge in [0.25, 0.3) is 11.2 Å². The second kappa shape index (κ2) is 5.59. The van der Waals surface area contributed by atoms with E-state index in [0.29, 0.717) is 5.56 Å². The van der Waals surface area contributed by atoms with Gasteiger partial charge in [-0.15, -0.1) is 0 Å². The lowest BCUT2D eigenvalue weighted by atomic mass is 10.2. The summed E-state index contributed by atoms with van der Waals surface area (Å²) in [5.41, 5.74) is -0.855. The fourth-order valence-corrected chi connectivity index (χ4v) is 2.13. The van der Waals surface area contributed by atoms with Gasteiger partial charge in [0, 0.05) is 12.3 Å². The highest BCUT2D eigenvalue weighted by atomic mass is 79.9. The molecule has 104 valence electrons. The minimum Gasteiger partial charge on any atom is -0.295 e. The van der Waals surface area contributed by atoms with Gasteiger partial charge in [-0.2, -0.15) is 0 Å². The minimum absolute atomic E-state index is 0.0220. The van der Waals surface area contributed by atoms with Gasteiger partial charge < -0.3 is 0 Å². The van der Waals surface area contributed by atoms with E-state index in [4.69, 9.17) is 11.6 Å². The lowest BCUT2D eigenvalue weighted by Crippen LogP contribution is -2.30. The van der Waals surface area contributed by atoms with Crippen molar-refractivity contribution in [1.82, 2.24) is 9.55 Å². The maximum absolute atomic E-state index is 11.6. The Hall–Kier alpha value is -1.93. The molecule has 0 spiro atoms. The second-order valence-corrected chi connectivity index (χ2v) is 5.17. The largest absolute Gasteiger partial charge is 0.328 e. The Bertz CT molecular complexity index is 799. The van der Waals surface area contributed by atoms with Crippen LogP contribution in [0.25, 0.3) is 0 Å². The van der Waals surface area contributed by atoms with E-state index in [2.05, 4.69) is 20.9 Å². The number of halogens is 2. The summed E-state index contributed by atoms with van der Waals surface area (Å²) in [7, 11) is 0. The zero-order chi connectivity index (χ0) is 14.9. The highest BCUT2D eigenvalue weighted by molar-refractivity contribution is 9.10. The van der Waals surface area contributed by atoms with E-state index in [9.17, 15) is 19.7 Å². The van der Waals surface area contributed by atoms with E-state index < -0.39 is 16.2 Å². The van der Waals surface area contributed by atoms with E-state index in [1.165, 1.54) is 22.9 Å². The molecule has 1 N–H and O–H groups in total. The van der Waals surface area contributed by atoms with Gasteiger partial charge in [0.15, 0.2) is 0 Å². The standard InChI is InChI=1S/C11H7BrClN3O4/c12-7-5-15(11(18)14-10(7)17)4-6-1-2-8(13)9(3-6)16(19)20/h1-3,5H,4H2,(H,14,17,18). The van der Waals surface area contributed by atoms with Crippen LogP contribution in [0.1, 0.15) is 5.56 Å². The van der Waals surface area contributed by atoms with E-state index >= 15 is 0 Å². The van der Waals surface area contributed by atoms with Gasteiger partial charge in [0.1, 0.15) is 5.02 Å². The Morgan fingerprint density at radius 1 is 1.40 bits per heavy atom. The first-order valence-electron chi connectivity index (χ1n) is 5.30. The molecule has 2 aromatic rings. The monoisotopic (exact) mass is 359 g/mol. The third kappa shape index (κ3) is 2.97. The molecule has 0 fully saturated rings. The van der Waals surface area contributed by atoms with Crippen molar-refractivity contribution in [3.63, 3.8) is 0 Å². The maximum atomic E-state index is 11.6. The quantitative estimate of drug-likeness (QED) is 0.667. The van der Waals surface area contributed by atoms with Gasteiger partial charge in [-0.1, -0.05) is 17.7 Å². The van der Waals surface area contributed by atoms with Crippen LogP contribution in [-0.2, 0) is 6.54 Å². The summed E-state index contributed by atoms with van der Waals surface area (Å²) in [5.74, 6) is 0. The predicted molar refractivity (Wildman–Crippen MR) is 76.2 cm³/mol. The van der Waals surface area contributed by atoms with Crippen LogP contribution in [0.15, 0.2) is 38.5 Å². The average molecular weight is 361 g/mol. The smallest absolute Gasteiger partial charge is 0.295 e. The molecule has 0 unspecified atom stereocenters. The molecule has 0 saturated carbocycles. The van der Waals surface area contributed by atoms with Crippen molar-refractivity contribution in [3.05, 3.63) is 70.4 Å². The van der Waals surface area contributed by atoms with Gasteiger partial charge in [0.05, 0.1) is 15.9 Å². The molecule has 0 radical (unpaired) electrons. The molecule has 0 saturated heterocycles. The first-order chi connectivity index (χ1) is 9.38. The summed E-state index contributed by atoms with van der Waals surface area (Å²) < 4.78 is 1.42. The lowest BCUT2D eigenvalue weighted by molar-refractivity contribution is -0.384. The number of benzene rings is 1. The number of nitro groups is 1. The van der Waals surface area contributed by atoms with Crippen LogP contribution < -0.4 is 11.2 Å². The number of H-pyrrole nitrogens is 1. The summed E-state index contributed by atoms with van der Waals surface area (Å²) in [6, 6.07) is 4.25. The zero-order valence-corrected chi connectivity index (χ0v) is 12.1. The molecule has 0 aliphatic heterocycles. The molecule has 1 heterocycles. The maximum Gasteiger partial charge on any atom is 0.328 e. The molecular formula is C11H7BrClN3O4. The average Bonchev–Trinajstić information content (AvgIpc) is 2.37. The topological polar surface area (TPSA) is 98.0 Å². The molecule has 0 bridgehead atoms. The van der Waals surface area contributed by atoms with Crippen LogP contribution in [0, 0.1) is 10.1 Å². The normalized spacial score (nSPS) is 10.5. The van der Waals surface area contributed by atoms with Gasteiger partial charge >= 0.3 is 5.69 Å². The number of nitrogens with zero attached hydrogens (tertiary/aromatic N) is 2. The Balaban J connectivity index is 2.43. The van der Waals surface area contributed by atoms with Crippen molar-refractivity contribution >= 4 is 33.2 Å².